The van der Waals surface area contributed by atoms with Crippen LogP contribution in [-0.2, 0) is 16.1 Å². The van der Waals surface area contributed by atoms with Gasteiger partial charge in [-0.05, 0) is 42.7 Å². The first-order valence-electron chi connectivity index (χ1n) is 10.5. The number of hydrogen-bond acceptors (Lipinski definition) is 5. The first-order chi connectivity index (χ1) is 16.1. The third-order valence-corrected chi connectivity index (χ3v) is 5.88. The molecule has 2 aliphatic heterocycles. The van der Waals surface area contributed by atoms with Crippen LogP contribution in [0.15, 0.2) is 48.7 Å². The number of benzene rings is 1. The monoisotopic (exact) mass is 479 g/mol. The van der Waals surface area contributed by atoms with Crippen molar-refractivity contribution in [1.29, 1.82) is 0 Å². The quantitative estimate of drug-likeness (QED) is 0.724. The number of aliphatic carboxylic acids is 1. The molecule has 11 heteroatoms. The number of aromatic nitrogens is 1. The largest absolute Gasteiger partial charge is 0.497 e. The van der Waals surface area contributed by atoms with Crippen molar-refractivity contribution in [1.82, 2.24) is 14.8 Å². The van der Waals surface area contributed by atoms with E-state index in [9.17, 15) is 22.8 Å². The van der Waals surface area contributed by atoms with E-state index in [1.54, 1.807) is 30.3 Å². The van der Waals surface area contributed by atoms with Crippen LogP contribution >= 0.6 is 0 Å². The minimum absolute atomic E-state index is 0.0912. The van der Waals surface area contributed by atoms with Gasteiger partial charge in [0, 0.05) is 32.4 Å². The molecule has 1 atom stereocenters. The Morgan fingerprint density at radius 2 is 1.85 bits per heavy atom. The van der Waals surface area contributed by atoms with E-state index in [0.29, 0.717) is 25.3 Å². The Kier molecular flexibility index (Phi) is 7.43. The van der Waals surface area contributed by atoms with Gasteiger partial charge >= 0.3 is 12.1 Å². The Hall–Kier alpha value is -3.63. The Labute approximate surface area is 193 Å². The molecule has 2 saturated heterocycles. The Morgan fingerprint density at radius 1 is 1.15 bits per heavy atom. The maximum Gasteiger partial charge on any atom is 0.490 e. The zero-order valence-corrected chi connectivity index (χ0v) is 18.4. The van der Waals surface area contributed by atoms with Crippen molar-refractivity contribution in [2.75, 3.05) is 26.7 Å². The average molecular weight is 479 g/mol. The summed E-state index contributed by atoms with van der Waals surface area (Å²) in [5.74, 6) is -1.90. The van der Waals surface area contributed by atoms with E-state index in [4.69, 9.17) is 14.6 Å². The molecule has 1 aromatic heterocycles. The number of hydrogen-bond donors (Lipinski definition) is 1. The molecule has 2 aromatic rings. The van der Waals surface area contributed by atoms with Crippen molar-refractivity contribution in [3.8, 4) is 5.75 Å². The van der Waals surface area contributed by atoms with Gasteiger partial charge in [-0.15, -0.1) is 0 Å². The topological polar surface area (TPSA) is 100 Å². The molecular formula is C23H24F3N3O5. The predicted octanol–water partition coefficient (Wildman–Crippen LogP) is 2.99. The first kappa shape index (κ1) is 25.0. The summed E-state index contributed by atoms with van der Waals surface area (Å²) < 4.78 is 37.0. The zero-order chi connectivity index (χ0) is 24.9. The third kappa shape index (κ3) is 5.64. The molecule has 4 rings (SSSR count). The molecule has 1 unspecified atom stereocenters. The summed E-state index contributed by atoms with van der Waals surface area (Å²) in [6, 6.07) is 13.1. The molecule has 0 aliphatic carbocycles. The summed E-state index contributed by atoms with van der Waals surface area (Å²) in [5, 5.41) is 7.12. The molecule has 1 N–H and O–H groups in total. The fourth-order valence-electron chi connectivity index (χ4n) is 4.11. The Bertz CT molecular complexity index is 1050. The van der Waals surface area contributed by atoms with E-state index in [2.05, 4.69) is 4.98 Å². The van der Waals surface area contributed by atoms with Crippen LogP contribution in [0.2, 0.25) is 0 Å². The van der Waals surface area contributed by atoms with Gasteiger partial charge in [-0.2, -0.15) is 13.2 Å². The van der Waals surface area contributed by atoms with E-state index < -0.39 is 17.6 Å². The van der Waals surface area contributed by atoms with Crippen molar-refractivity contribution in [2.45, 2.75) is 25.6 Å². The van der Waals surface area contributed by atoms with E-state index in [1.165, 1.54) is 0 Å². The van der Waals surface area contributed by atoms with Crippen LogP contribution in [0.4, 0.5) is 13.2 Å². The van der Waals surface area contributed by atoms with Gasteiger partial charge in [0.25, 0.3) is 5.91 Å². The highest BCUT2D eigenvalue weighted by Crippen LogP contribution is 2.41. The lowest BCUT2D eigenvalue weighted by Crippen LogP contribution is -2.38. The van der Waals surface area contributed by atoms with Crippen molar-refractivity contribution in [3.05, 3.63) is 59.9 Å². The van der Waals surface area contributed by atoms with E-state index in [-0.39, 0.29) is 11.8 Å². The summed E-state index contributed by atoms with van der Waals surface area (Å²) in [4.78, 5) is 42.5. The Balaban J connectivity index is 0.000000406. The number of nitrogens with zero attached hydrogens (tertiary/aromatic N) is 3. The number of carbonyl (C=O) groups is 3. The van der Waals surface area contributed by atoms with E-state index in [0.717, 1.165) is 30.7 Å². The lowest BCUT2D eigenvalue weighted by Gasteiger charge is -2.23. The molecule has 2 fully saturated rings. The lowest BCUT2D eigenvalue weighted by molar-refractivity contribution is -0.192. The highest BCUT2D eigenvalue weighted by molar-refractivity contribution is 5.94. The van der Waals surface area contributed by atoms with Gasteiger partial charge in [-0.1, -0.05) is 18.2 Å². The van der Waals surface area contributed by atoms with Crippen LogP contribution in [-0.4, -0.2) is 70.6 Å². The van der Waals surface area contributed by atoms with Crippen molar-refractivity contribution in [3.63, 3.8) is 0 Å². The van der Waals surface area contributed by atoms with E-state index >= 15 is 0 Å². The van der Waals surface area contributed by atoms with Crippen molar-refractivity contribution in [2.24, 2.45) is 5.41 Å². The van der Waals surface area contributed by atoms with Gasteiger partial charge in [0.1, 0.15) is 11.4 Å². The molecule has 0 radical (unpaired) electrons. The second-order valence-corrected chi connectivity index (χ2v) is 8.10. The number of halogens is 3. The fourth-order valence-corrected chi connectivity index (χ4v) is 4.11. The standard InChI is InChI=1S/C21H23N3O3.C2HF3O2/c1-27-17-6-4-5-16(13-17)14-23-11-8-21(20(23)26)9-12-24(15-21)19(25)18-7-2-3-10-22-18;3-2(4,5)1(6)7/h2-7,10,13H,8-9,11-12,14-15H2,1H3;(H,6,7). The van der Waals surface area contributed by atoms with E-state index in [1.807, 2.05) is 35.2 Å². The average Bonchev–Trinajstić information content (AvgIpc) is 3.39. The molecule has 0 saturated carbocycles. The summed E-state index contributed by atoms with van der Waals surface area (Å²) in [6.45, 7) is 2.39. The van der Waals surface area contributed by atoms with Gasteiger partial charge in [0.2, 0.25) is 5.91 Å². The van der Waals surface area contributed by atoms with Gasteiger partial charge in [0.15, 0.2) is 0 Å². The van der Waals surface area contributed by atoms with Gasteiger partial charge in [-0.3, -0.25) is 14.6 Å². The predicted molar refractivity (Wildman–Crippen MR) is 114 cm³/mol. The first-order valence-corrected chi connectivity index (χ1v) is 10.5. The van der Waals surface area contributed by atoms with Crippen molar-refractivity contribution >= 4 is 17.8 Å². The molecule has 2 amide bonds. The molecule has 8 nitrogen and oxygen atoms in total. The summed E-state index contributed by atoms with van der Waals surface area (Å²) in [7, 11) is 1.64. The normalized spacial score (nSPS) is 19.7. The lowest BCUT2D eigenvalue weighted by atomic mass is 9.85. The minimum Gasteiger partial charge on any atom is -0.497 e. The number of carboxylic acids is 1. The van der Waals surface area contributed by atoms with Crippen LogP contribution in [0.5, 0.6) is 5.75 Å². The summed E-state index contributed by atoms with van der Waals surface area (Å²) in [5.41, 5.74) is 1.05. The van der Waals surface area contributed by atoms with Crippen LogP contribution in [0, 0.1) is 5.41 Å². The number of likely N-dealkylation sites (tertiary alicyclic amines) is 2. The maximum absolute atomic E-state index is 13.1. The smallest absolute Gasteiger partial charge is 0.490 e. The third-order valence-electron chi connectivity index (χ3n) is 5.88. The molecule has 2 aliphatic rings. The van der Waals surface area contributed by atoms with Crippen LogP contribution < -0.4 is 4.74 Å². The summed E-state index contributed by atoms with van der Waals surface area (Å²) >= 11 is 0. The molecule has 3 heterocycles. The number of pyridine rings is 1. The van der Waals surface area contributed by atoms with Gasteiger partial charge < -0.3 is 19.6 Å². The molecule has 1 aromatic carbocycles. The zero-order valence-electron chi connectivity index (χ0n) is 18.4. The number of rotatable bonds is 4. The highest BCUT2D eigenvalue weighted by atomic mass is 19.4. The molecule has 1 spiro atoms. The number of carboxylic acid groups (broad SMARTS) is 1. The SMILES string of the molecule is COc1cccc(CN2CCC3(CCN(C(=O)c4ccccn4)C3)C2=O)c1.O=C(O)C(F)(F)F. The second-order valence-electron chi connectivity index (χ2n) is 8.10. The fraction of sp³-hybridized carbons (Fsp3) is 0.391. The Morgan fingerprint density at radius 3 is 2.47 bits per heavy atom. The van der Waals surface area contributed by atoms with Gasteiger partial charge in [0.05, 0.1) is 12.5 Å². The number of amides is 2. The molecule has 0 bridgehead atoms. The number of ether oxygens (including phenoxy) is 1. The maximum atomic E-state index is 13.1. The van der Waals surface area contributed by atoms with Crippen LogP contribution in [0.3, 0.4) is 0 Å². The highest BCUT2D eigenvalue weighted by Gasteiger charge is 2.51. The molecular weight excluding hydrogens is 455 g/mol. The number of carbonyl (C=O) groups excluding carboxylic acids is 2. The minimum atomic E-state index is -5.08. The number of alkyl halides is 3. The second kappa shape index (κ2) is 10.1. The van der Waals surface area contributed by atoms with Crippen LogP contribution in [0.1, 0.15) is 28.9 Å². The van der Waals surface area contributed by atoms with Crippen molar-refractivity contribution < 1.29 is 37.4 Å². The summed E-state index contributed by atoms with van der Waals surface area (Å²) in [6.07, 6.45) is -1.95. The molecule has 34 heavy (non-hydrogen) atoms. The van der Waals surface area contributed by atoms with Crippen LogP contribution in [0.25, 0.3) is 0 Å². The van der Waals surface area contributed by atoms with Gasteiger partial charge in [-0.25, -0.2) is 4.79 Å². The number of methoxy groups -OCH3 is 1. The molecule has 182 valence electrons.